The smallest absolute Gasteiger partial charge is 0.266 e. The number of nitrogens with one attached hydrogen (secondary N) is 1. The average Bonchev–Trinajstić information content (AvgIpc) is 2.80. The van der Waals surface area contributed by atoms with Gasteiger partial charge in [0, 0.05) is 35.8 Å². The van der Waals surface area contributed by atoms with Gasteiger partial charge in [-0.25, -0.2) is 4.68 Å². The zero-order valence-electron chi connectivity index (χ0n) is 18.3. The molecule has 0 bridgehead atoms. The Hall–Kier alpha value is -3.94. The van der Waals surface area contributed by atoms with Gasteiger partial charge in [-0.1, -0.05) is 0 Å². The van der Waals surface area contributed by atoms with Crippen LogP contribution >= 0.6 is 0 Å². The molecule has 3 rings (SSSR count). The van der Waals surface area contributed by atoms with Gasteiger partial charge in [-0.2, -0.15) is 5.10 Å². The van der Waals surface area contributed by atoms with E-state index in [0.717, 1.165) is 5.56 Å². The van der Waals surface area contributed by atoms with Crippen molar-refractivity contribution in [2.75, 3.05) is 19.5 Å². The first-order valence-electron chi connectivity index (χ1n) is 10.1. The highest BCUT2D eigenvalue weighted by atomic mass is 16.5. The van der Waals surface area contributed by atoms with Crippen molar-refractivity contribution in [3.8, 4) is 22.8 Å². The Morgan fingerprint density at radius 3 is 2.34 bits per heavy atom. The number of anilines is 1. The molecule has 1 aromatic heterocycles. The van der Waals surface area contributed by atoms with Crippen molar-refractivity contribution in [3.05, 3.63) is 70.5 Å². The summed E-state index contributed by atoms with van der Waals surface area (Å²) in [7, 11) is 3.12. The van der Waals surface area contributed by atoms with E-state index in [1.54, 1.807) is 56.7 Å². The van der Waals surface area contributed by atoms with Gasteiger partial charge in [0.25, 0.3) is 5.56 Å². The average molecular weight is 435 g/mol. The molecule has 0 fully saturated rings. The number of Topliss-reactive ketones (excluding diaryl/α,β-unsaturated/α-hetero) is 1. The second kappa shape index (κ2) is 10.4. The van der Waals surface area contributed by atoms with E-state index in [4.69, 9.17) is 9.47 Å². The molecule has 2 aromatic carbocycles. The van der Waals surface area contributed by atoms with Crippen LogP contribution in [-0.2, 0) is 11.3 Å². The second-order valence-electron chi connectivity index (χ2n) is 7.13. The number of rotatable bonds is 9. The normalized spacial score (nSPS) is 10.5. The van der Waals surface area contributed by atoms with E-state index in [2.05, 4.69) is 10.4 Å². The van der Waals surface area contributed by atoms with Gasteiger partial charge in [-0.15, -0.1) is 0 Å². The number of ketones is 1. The summed E-state index contributed by atoms with van der Waals surface area (Å²) >= 11 is 0. The highest BCUT2D eigenvalue weighted by molar-refractivity contribution is 5.95. The van der Waals surface area contributed by atoms with Gasteiger partial charge in [0.1, 0.15) is 0 Å². The van der Waals surface area contributed by atoms with Crippen molar-refractivity contribution < 1.29 is 19.1 Å². The molecular formula is C24H25N3O5. The summed E-state index contributed by atoms with van der Waals surface area (Å²) in [6.07, 6.45) is 0.669. The number of ether oxygens (including phenoxy) is 2. The van der Waals surface area contributed by atoms with E-state index in [9.17, 15) is 14.4 Å². The minimum atomic E-state index is -0.241. The van der Waals surface area contributed by atoms with Crippen molar-refractivity contribution in [2.45, 2.75) is 26.3 Å². The van der Waals surface area contributed by atoms with Gasteiger partial charge in [0.2, 0.25) is 5.91 Å². The summed E-state index contributed by atoms with van der Waals surface area (Å²) in [4.78, 5) is 35.7. The Balaban J connectivity index is 1.62. The number of benzene rings is 2. The predicted octanol–water partition coefficient (Wildman–Crippen LogP) is 3.55. The molecule has 32 heavy (non-hydrogen) atoms. The zero-order valence-corrected chi connectivity index (χ0v) is 18.3. The number of aromatic nitrogens is 2. The predicted molar refractivity (Wildman–Crippen MR) is 121 cm³/mol. The summed E-state index contributed by atoms with van der Waals surface area (Å²) in [5, 5.41) is 7.21. The van der Waals surface area contributed by atoms with Crippen molar-refractivity contribution >= 4 is 17.4 Å². The number of aryl methyl sites for hydroxylation is 1. The largest absolute Gasteiger partial charge is 0.493 e. The number of amides is 1. The molecule has 0 aliphatic heterocycles. The van der Waals surface area contributed by atoms with E-state index in [-0.39, 0.29) is 23.7 Å². The maximum atomic E-state index is 12.2. The van der Waals surface area contributed by atoms with Crippen LogP contribution in [0.15, 0.2) is 59.4 Å². The summed E-state index contributed by atoms with van der Waals surface area (Å²) in [5.41, 5.74) is 2.35. The van der Waals surface area contributed by atoms with Crippen LogP contribution in [0.3, 0.4) is 0 Å². The van der Waals surface area contributed by atoms with Crippen molar-refractivity contribution in [3.63, 3.8) is 0 Å². The Morgan fingerprint density at radius 1 is 0.969 bits per heavy atom. The van der Waals surface area contributed by atoms with Crippen molar-refractivity contribution in [2.24, 2.45) is 0 Å². The number of methoxy groups -OCH3 is 2. The summed E-state index contributed by atoms with van der Waals surface area (Å²) in [5.74, 6) is 0.963. The number of carbonyl (C=O) groups excluding carboxylic acids is 2. The maximum Gasteiger partial charge on any atom is 0.266 e. The third kappa shape index (κ3) is 5.60. The molecular weight excluding hydrogens is 410 g/mol. The topological polar surface area (TPSA) is 99.5 Å². The highest BCUT2D eigenvalue weighted by Crippen LogP contribution is 2.31. The lowest BCUT2D eigenvalue weighted by Gasteiger charge is -2.11. The minimum absolute atomic E-state index is 0.0314. The molecule has 1 N–H and O–H groups in total. The molecule has 0 spiro atoms. The van der Waals surface area contributed by atoms with Crippen LogP contribution < -0.4 is 20.3 Å². The van der Waals surface area contributed by atoms with Crippen molar-refractivity contribution in [1.82, 2.24) is 9.78 Å². The molecule has 0 saturated heterocycles. The fourth-order valence-electron chi connectivity index (χ4n) is 3.16. The monoisotopic (exact) mass is 435 g/mol. The van der Waals surface area contributed by atoms with E-state index in [1.807, 2.05) is 6.07 Å². The van der Waals surface area contributed by atoms with E-state index >= 15 is 0 Å². The summed E-state index contributed by atoms with van der Waals surface area (Å²) < 4.78 is 11.9. The fourth-order valence-corrected chi connectivity index (χ4v) is 3.16. The summed E-state index contributed by atoms with van der Waals surface area (Å²) in [6, 6.07) is 15.2. The number of nitrogens with zero attached hydrogens (tertiary/aromatic N) is 2. The lowest BCUT2D eigenvalue weighted by atomic mass is 10.1. The van der Waals surface area contributed by atoms with Gasteiger partial charge in [0.05, 0.1) is 19.9 Å². The molecule has 0 radical (unpaired) electrons. The molecule has 0 saturated carbocycles. The molecule has 1 amide bonds. The molecule has 1 heterocycles. The van der Waals surface area contributed by atoms with E-state index in [0.29, 0.717) is 41.4 Å². The number of hydrogen-bond donors (Lipinski definition) is 1. The molecule has 8 heteroatoms. The van der Waals surface area contributed by atoms with Crippen LogP contribution in [0.5, 0.6) is 11.5 Å². The van der Waals surface area contributed by atoms with Gasteiger partial charge in [0.15, 0.2) is 17.3 Å². The number of carbonyl (C=O) groups is 2. The lowest BCUT2D eigenvalue weighted by Crippen LogP contribution is -2.23. The van der Waals surface area contributed by atoms with Crippen LogP contribution in [0.2, 0.25) is 0 Å². The zero-order chi connectivity index (χ0) is 23.1. The first kappa shape index (κ1) is 22.7. The summed E-state index contributed by atoms with van der Waals surface area (Å²) in [6.45, 7) is 1.79. The molecule has 8 nitrogen and oxygen atoms in total. The van der Waals surface area contributed by atoms with Gasteiger partial charge in [-0.05, 0) is 61.9 Å². The van der Waals surface area contributed by atoms with Crippen molar-refractivity contribution in [1.29, 1.82) is 0 Å². The second-order valence-corrected chi connectivity index (χ2v) is 7.13. The van der Waals surface area contributed by atoms with Gasteiger partial charge >= 0.3 is 0 Å². The van der Waals surface area contributed by atoms with Crippen LogP contribution in [-0.4, -0.2) is 35.7 Å². The lowest BCUT2D eigenvalue weighted by molar-refractivity contribution is -0.116. The maximum absolute atomic E-state index is 12.2. The minimum Gasteiger partial charge on any atom is -0.493 e. The van der Waals surface area contributed by atoms with Crippen LogP contribution in [0.25, 0.3) is 11.3 Å². The van der Waals surface area contributed by atoms with Crippen LogP contribution in [0.1, 0.15) is 30.1 Å². The first-order chi connectivity index (χ1) is 15.4. The quantitative estimate of drug-likeness (QED) is 0.516. The Bertz CT molecular complexity index is 1170. The fraction of sp³-hybridized carbons (Fsp3) is 0.250. The Morgan fingerprint density at radius 2 is 1.69 bits per heavy atom. The molecule has 0 aliphatic rings. The molecule has 0 atom stereocenters. The molecule has 0 unspecified atom stereocenters. The van der Waals surface area contributed by atoms with E-state index in [1.165, 1.54) is 17.7 Å². The first-order valence-corrected chi connectivity index (χ1v) is 10.1. The molecule has 0 aliphatic carbocycles. The standard InChI is InChI=1S/C24H25N3O5/c1-16(28)17-6-9-19(10-7-17)25-23(29)5-4-14-27-24(30)13-11-20(26-27)18-8-12-21(31-2)22(15-18)32-3/h6-13,15H,4-5,14H2,1-3H3,(H,25,29). The Kier molecular flexibility index (Phi) is 7.38. The molecule has 3 aromatic rings. The Labute approximate surface area is 185 Å². The van der Waals surface area contributed by atoms with Gasteiger partial charge in [-0.3, -0.25) is 14.4 Å². The van der Waals surface area contributed by atoms with Gasteiger partial charge < -0.3 is 14.8 Å². The van der Waals surface area contributed by atoms with E-state index < -0.39 is 0 Å². The number of hydrogen-bond acceptors (Lipinski definition) is 6. The molecule has 166 valence electrons. The van der Waals surface area contributed by atoms with Crippen LogP contribution in [0, 0.1) is 0 Å². The highest BCUT2D eigenvalue weighted by Gasteiger charge is 2.10. The third-order valence-electron chi connectivity index (χ3n) is 4.89. The SMILES string of the molecule is COc1ccc(-c2ccc(=O)n(CCCC(=O)Nc3ccc(C(C)=O)cc3)n2)cc1OC. The van der Waals surface area contributed by atoms with Crippen LogP contribution in [0.4, 0.5) is 5.69 Å². The third-order valence-corrected chi connectivity index (χ3v) is 4.89.